The molecule has 0 aliphatic heterocycles. The summed E-state index contributed by atoms with van der Waals surface area (Å²) >= 11 is 0. The largest absolute Gasteiger partial charge is 0.303 e. The molecule has 1 rings (SSSR count). The standard InChI is InChI=1S/C14H19N/c1-4-10-15-14(5-2)11-13-9-7-6-8-12(13)3/h2,6-9,14-15H,4,10-11H2,1,3H3. The number of aryl methyl sites for hydroxylation is 1. The smallest absolute Gasteiger partial charge is 0.0727 e. The van der Waals surface area contributed by atoms with Crippen molar-refractivity contribution in [3.63, 3.8) is 0 Å². The van der Waals surface area contributed by atoms with Gasteiger partial charge in [-0.1, -0.05) is 37.1 Å². The SMILES string of the molecule is C#CC(Cc1ccccc1C)NCCC. The number of hydrogen-bond donors (Lipinski definition) is 1. The molecule has 0 fully saturated rings. The molecule has 0 spiro atoms. The fourth-order valence-corrected chi connectivity index (χ4v) is 1.57. The third-order valence-electron chi connectivity index (χ3n) is 2.53. The highest BCUT2D eigenvalue weighted by molar-refractivity contribution is 5.27. The van der Waals surface area contributed by atoms with Gasteiger partial charge in [-0.25, -0.2) is 0 Å². The summed E-state index contributed by atoms with van der Waals surface area (Å²) in [6.07, 6.45) is 7.54. The summed E-state index contributed by atoms with van der Waals surface area (Å²) in [5.41, 5.74) is 2.65. The van der Waals surface area contributed by atoms with Gasteiger partial charge in [0.25, 0.3) is 0 Å². The lowest BCUT2D eigenvalue weighted by Gasteiger charge is -2.13. The maximum absolute atomic E-state index is 5.50. The average molecular weight is 201 g/mol. The van der Waals surface area contributed by atoms with Crippen molar-refractivity contribution in [1.82, 2.24) is 5.32 Å². The van der Waals surface area contributed by atoms with Crippen molar-refractivity contribution in [2.45, 2.75) is 32.7 Å². The first kappa shape index (κ1) is 11.8. The van der Waals surface area contributed by atoms with Crippen molar-refractivity contribution in [3.8, 4) is 12.3 Å². The van der Waals surface area contributed by atoms with Gasteiger partial charge < -0.3 is 5.32 Å². The topological polar surface area (TPSA) is 12.0 Å². The van der Waals surface area contributed by atoms with E-state index in [0.29, 0.717) is 0 Å². The maximum Gasteiger partial charge on any atom is 0.0727 e. The van der Waals surface area contributed by atoms with Gasteiger partial charge in [0.2, 0.25) is 0 Å². The van der Waals surface area contributed by atoms with Crippen LogP contribution in [0.15, 0.2) is 24.3 Å². The molecule has 1 nitrogen and oxygen atoms in total. The van der Waals surface area contributed by atoms with Crippen molar-refractivity contribution in [2.75, 3.05) is 6.54 Å². The lowest BCUT2D eigenvalue weighted by molar-refractivity contribution is 0.597. The van der Waals surface area contributed by atoms with Crippen molar-refractivity contribution < 1.29 is 0 Å². The van der Waals surface area contributed by atoms with E-state index in [0.717, 1.165) is 19.4 Å². The minimum atomic E-state index is 0.158. The number of rotatable bonds is 5. The molecule has 0 radical (unpaired) electrons. The second kappa shape index (κ2) is 6.27. The Morgan fingerprint density at radius 2 is 2.13 bits per heavy atom. The van der Waals surface area contributed by atoms with E-state index in [-0.39, 0.29) is 6.04 Å². The molecular formula is C14H19N. The average Bonchev–Trinajstić information content (AvgIpc) is 2.26. The second-order valence-corrected chi connectivity index (χ2v) is 3.80. The lowest BCUT2D eigenvalue weighted by atomic mass is 10.0. The third-order valence-corrected chi connectivity index (χ3v) is 2.53. The van der Waals surface area contributed by atoms with Gasteiger partial charge >= 0.3 is 0 Å². The molecule has 0 saturated heterocycles. The number of terminal acetylenes is 1. The van der Waals surface area contributed by atoms with Crippen molar-refractivity contribution in [3.05, 3.63) is 35.4 Å². The van der Waals surface area contributed by atoms with Crippen LogP contribution in [-0.2, 0) is 6.42 Å². The van der Waals surface area contributed by atoms with Gasteiger partial charge in [0.1, 0.15) is 0 Å². The Balaban J connectivity index is 2.60. The number of nitrogens with one attached hydrogen (secondary N) is 1. The first-order chi connectivity index (χ1) is 7.27. The maximum atomic E-state index is 5.50. The van der Waals surface area contributed by atoms with E-state index in [1.165, 1.54) is 11.1 Å². The van der Waals surface area contributed by atoms with E-state index in [9.17, 15) is 0 Å². The van der Waals surface area contributed by atoms with E-state index in [4.69, 9.17) is 6.42 Å². The molecule has 0 saturated carbocycles. The Bertz CT molecular complexity index is 335. The molecule has 1 unspecified atom stereocenters. The molecule has 1 atom stereocenters. The van der Waals surface area contributed by atoms with Gasteiger partial charge in [0.05, 0.1) is 6.04 Å². The van der Waals surface area contributed by atoms with Crippen LogP contribution < -0.4 is 5.32 Å². The zero-order valence-electron chi connectivity index (χ0n) is 9.59. The molecule has 0 aliphatic carbocycles. The highest BCUT2D eigenvalue weighted by Gasteiger charge is 2.06. The van der Waals surface area contributed by atoms with Crippen LogP contribution in [0.4, 0.5) is 0 Å². The first-order valence-electron chi connectivity index (χ1n) is 5.52. The fourth-order valence-electron chi connectivity index (χ4n) is 1.57. The zero-order chi connectivity index (χ0) is 11.1. The van der Waals surface area contributed by atoms with Crippen LogP contribution in [0.25, 0.3) is 0 Å². The third kappa shape index (κ3) is 3.77. The predicted molar refractivity (Wildman–Crippen MR) is 65.8 cm³/mol. The molecular weight excluding hydrogens is 182 g/mol. The molecule has 1 aromatic carbocycles. The number of benzene rings is 1. The van der Waals surface area contributed by atoms with Gasteiger partial charge in [-0.2, -0.15) is 0 Å². The van der Waals surface area contributed by atoms with Gasteiger partial charge in [0.15, 0.2) is 0 Å². The monoisotopic (exact) mass is 201 g/mol. The minimum Gasteiger partial charge on any atom is -0.303 e. The molecule has 0 aliphatic rings. The number of hydrogen-bond acceptors (Lipinski definition) is 1. The fraction of sp³-hybridized carbons (Fsp3) is 0.429. The van der Waals surface area contributed by atoms with Crippen LogP contribution in [0.3, 0.4) is 0 Å². The second-order valence-electron chi connectivity index (χ2n) is 3.80. The molecule has 1 aromatic rings. The Kier molecular flexibility index (Phi) is 4.93. The highest BCUT2D eigenvalue weighted by Crippen LogP contribution is 2.09. The lowest BCUT2D eigenvalue weighted by Crippen LogP contribution is -2.30. The molecule has 15 heavy (non-hydrogen) atoms. The molecule has 0 aromatic heterocycles. The van der Waals surface area contributed by atoms with E-state index in [1.807, 2.05) is 0 Å². The van der Waals surface area contributed by atoms with E-state index in [1.54, 1.807) is 0 Å². The van der Waals surface area contributed by atoms with Crippen LogP contribution in [0.2, 0.25) is 0 Å². The molecule has 1 N–H and O–H groups in total. The molecule has 1 heteroatoms. The summed E-state index contributed by atoms with van der Waals surface area (Å²) in [5.74, 6) is 2.80. The van der Waals surface area contributed by atoms with Gasteiger partial charge in [-0.3, -0.25) is 0 Å². The Labute approximate surface area is 92.9 Å². The van der Waals surface area contributed by atoms with Gasteiger partial charge in [-0.15, -0.1) is 6.42 Å². The molecule has 0 bridgehead atoms. The summed E-state index contributed by atoms with van der Waals surface area (Å²) in [6.45, 7) is 5.26. The Hall–Kier alpha value is -1.26. The van der Waals surface area contributed by atoms with Gasteiger partial charge in [0, 0.05) is 0 Å². The molecule has 0 amide bonds. The summed E-state index contributed by atoms with van der Waals surface area (Å²) in [6, 6.07) is 8.56. The first-order valence-corrected chi connectivity index (χ1v) is 5.52. The van der Waals surface area contributed by atoms with Crippen molar-refractivity contribution in [2.24, 2.45) is 0 Å². The summed E-state index contributed by atoms with van der Waals surface area (Å²) in [7, 11) is 0. The normalized spacial score (nSPS) is 12.1. The quantitative estimate of drug-likeness (QED) is 0.722. The van der Waals surface area contributed by atoms with Crippen LogP contribution in [0, 0.1) is 19.3 Å². The Morgan fingerprint density at radius 3 is 2.73 bits per heavy atom. The summed E-state index contributed by atoms with van der Waals surface area (Å²) in [5, 5.41) is 3.36. The summed E-state index contributed by atoms with van der Waals surface area (Å²) < 4.78 is 0. The van der Waals surface area contributed by atoms with Crippen LogP contribution in [0.5, 0.6) is 0 Å². The molecule has 80 valence electrons. The van der Waals surface area contributed by atoms with Crippen LogP contribution in [0.1, 0.15) is 24.5 Å². The van der Waals surface area contributed by atoms with Crippen molar-refractivity contribution in [1.29, 1.82) is 0 Å². The minimum absolute atomic E-state index is 0.158. The zero-order valence-corrected chi connectivity index (χ0v) is 9.59. The van der Waals surface area contributed by atoms with E-state index >= 15 is 0 Å². The predicted octanol–water partition coefficient (Wildman–Crippen LogP) is 2.54. The van der Waals surface area contributed by atoms with Gasteiger partial charge in [-0.05, 0) is 37.4 Å². The van der Waals surface area contributed by atoms with E-state index < -0.39 is 0 Å². The van der Waals surface area contributed by atoms with Crippen LogP contribution in [-0.4, -0.2) is 12.6 Å². The highest BCUT2D eigenvalue weighted by atomic mass is 14.9. The Morgan fingerprint density at radius 1 is 1.40 bits per heavy atom. The van der Waals surface area contributed by atoms with Crippen molar-refractivity contribution >= 4 is 0 Å². The van der Waals surface area contributed by atoms with Crippen LogP contribution >= 0.6 is 0 Å². The van der Waals surface area contributed by atoms with E-state index in [2.05, 4.69) is 49.4 Å². The summed E-state index contributed by atoms with van der Waals surface area (Å²) in [4.78, 5) is 0. The molecule has 0 heterocycles.